The summed E-state index contributed by atoms with van der Waals surface area (Å²) in [4.78, 5) is 21.4. The second-order valence-corrected chi connectivity index (χ2v) is 8.24. The average Bonchev–Trinajstić information content (AvgIpc) is 3.13. The summed E-state index contributed by atoms with van der Waals surface area (Å²) in [7, 11) is 0. The van der Waals surface area contributed by atoms with Crippen LogP contribution in [0.3, 0.4) is 0 Å². The Hall–Kier alpha value is -1.60. The summed E-state index contributed by atoms with van der Waals surface area (Å²) in [6, 6.07) is 5.11. The number of amides is 1. The molecule has 1 aromatic heterocycles. The number of halogens is 2. The summed E-state index contributed by atoms with van der Waals surface area (Å²) < 4.78 is 2.24. The molecule has 1 saturated heterocycles. The van der Waals surface area contributed by atoms with Crippen LogP contribution in [0.4, 0.5) is 5.69 Å². The van der Waals surface area contributed by atoms with E-state index in [-0.39, 0.29) is 5.91 Å². The van der Waals surface area contributed by atoms with Gasteiger partial charge in [0.2, 0.25) is 5.91 Å². The Morgan fingerprint density at radius 2 is 1.82 bits per heavy atom. The number of nitrogens with one attached hydrogen (secondary N) is 1. The molecule has 2 aromatic rings. The van der Waals surface area contributed by atoms with E-state index < -0.39 is 0 Å². The third-order valence-electron chi connectivity index (χ3n) is 4.96. The van der Waals surface area contributed by atoms with E-state index in [4.69, 9.17) is 23.2 Å². The van der Waals surface area contributed by atoms with Gasteiger partial charge in [-0.2, -0.15) is 0 Å². The highest BCUT2D eigenvalue weighted by Crippen LogP contribution is 2.25. The first-order chi connectivity index (χ1) is 13.4. The van der Waals surface area contributed by atoms with Crippen LogP contribution < -0.4 is 5.32 Å². The van der Waals surface area contributed by atoms with Crippen molar-refractivity contribution in [3.8, 4) is 0 Å². The zero-order valence-electron chi connectivity index (χ0n) is 16.4. The van der Waals surface area contributed by atoms with Gasteiger partial charge in [0.15, 0.2) is 0 Å². The third kappa shape index (κ3) is 5.70. The van der Waals surface area contributed by atoms with E-state index in [2.05, 4.69) is 44.7 Å². The number of nitrogens with zero attached hydrogens (tertiary/aromatic N) is 4. The molecule has 0 atom stereocenters. The Labute approximate surface area is 176 Å². The predicted molar refractivity (Wildman–Crippen MR) is 114 cm³/mol. The standard InChI is InChI=1S/C20H27Cl2N5O/c1-15(2)20-23-5-6-27(20)12-11-25-7-9-26(10-8-25)14-19(28)24-16-3-4-17(21)18(22)13-16/h3-6,13,15H,7-12,14H2,1-2H3,(H,24,28). The molecule has 1 fully saturated rings. The molecule has 0 aliphatic carbocycles. The van der Waals surface area contributed by atoms with E-state index in [1.54, 1.807) is 18.2 Å². The lowest BCUT2D eigenvalue weighted by molar-refractivity contribution is -0.117. The minimum atomic E-state index is -0.0353. The van der Waals surface area contributed by atoms with Crippen molar-refractivity contribution in [1.82, 2.24) is 19.4 Å². The topological polar surface area (TPSA) is 53.4 Å². The van der Waals surface area contributed by atoms with E-state index in [1.807, 2.05) is 6.20 Å². The number of carbonyl (C=O) groups is 1. The van der Waals surface area contributed by atoms with Crippen LogP contribution in [-0.4, -0.2) is 64.5 Å². The molecule has 152 valence electrons. The zero-order valence-corrected chi connectivity index (χ0v) is 17.9. The number of carbonyl (C=O) groups excluding carboxylic acids is 1. The van der Waals surface area contributed by atoms with E-state index in [9.17, 15) is 4.79 Å². The Bertz CT molecular complexity index is 800. The first-order valence-corrected chi connectivity index (χ1v) is 10.4. The first-order valence-electron chi connectivity index (χ1n) is 9.63. The van der Waals surface area contributed by atoms with Crippen LogP contribution in [0, 0.1) is 0 Å². The van der Waals surface area contributed by atoms with Crippen LogP contribution in [0.5, 0.6) is 0 Å². The number of anilines is 1. The number of benzene rings is 1. The fourth-order valence-corrected chi connectivity index (χ4v) is 3.71. The molecule has 2 heterocycles. The monoisotopic (exact) mass is 423 g/mol. The highest BCUT2D eigenvalue weighted by molar-refractivity contribution is 6.42. The molecule has 3 rings (SSSR count). The summed E-state index contributed by atoms with van der Waals surface area (Å²) >= 11 is 11.9. The minimum absolute atomic E-state index is 0.0353. The molecule has 0 bridgehead atoms. The van der Waals surface area contributed by atoms with Crippen molar-refractivity contribution in [2.24, 2.45) is 0 Å². The molecule has 8 heteroatoms. The lowest BCUT2D eigenvalue weighted by Crippen LogP contribution is -2.49. The molecule has 1 aliphatic heterocycles. The van der Waals surface area contributed by atoms with Crippen LogP contribution >= 0.6 is 23.2 Å². The second-order valence-electron chi connectivity index (χ2n) is 7.43. The van der Waals surface area contributed by atoms with Crippen LogP contribution in [0.15, 0.2) is 30.6 Å². The fraction of sp³-hybridized carbons (Fsp3) is 0.500. The molecular weight excluding hydrogens is 397 g/mol. The summed E-state index contributed by atoms with van der Waals surface area (Å²) in [6.07, 6.45) is 3.93. The van der Waals surface area contributed by atoms with Crippen LogP contribution in [-0.2, 0) is 11.3 Å². The average molecular weight is 424 g/mol. The van der Waals surface area contributed by atoms with Crippen molar-refractivity contribution in [2.75, 3.05) is 44.6 Å². The third-order valence-corrected chi connectivity index (χ3v) is 5.70. The summed E-state index contributed by atoms with van der Waals surface area (Å²) in [5.74, 6) is 1.53. The Balaban J connectivity index is 1.40. The van der Waals surface area contributed by atoms with Gasteiger partial charge in [0, 0.05) is 63.3 Å². The van der Waals surface area contributed by atoms with E-state index in [1.165, 1.54) is 0 Å². The van der Waals surface area contributed by atoms with Crippen molar-refractivity contribution in [1.29, 1.82) is 0 Å². The molecule has 1 amide bonds. The van der Waals surface area contributed by atoms with Gasteiger partial charge in [-0.3, -0.25) is 14.6 Å². The molecule has 6 nitrogen and oxygen atoms in total. The van der Waals surface area contributed by atoms with Crippen molar-refractivity contribution >= 4 is 34.8 Å². The van der Waals surface area contributed by atoms with Crippen LogP contribution in [0.25, 0.3) is 0 Å². The van der Waals surface area contributed by atoms with Gasteiger partial charge in [-0.1, -0.05) is 37.0 Å². The van der Waals surface area contributed by atoms with Gasteiger partial charge in [-0.25, -0.2) is 4.98 Å². The summed E-state index contributed by atoms with van der Waals surface area (Å²) in [5.41, 5.74) is 0.666. The number of aromatic nitrogens is 2. The molecule has 0 unspecified atom stereocenters. The predicted octanol–water partition coefficient (Wildman–Crippen LogP) is 3.57. The molecular formula is C20H27Cl2N5O. The van der Waals surface area contributed by atoms with Crippen LogP contribution in [0.2, 0.25) is 10.0 Å². The van der Waals surface area contributed by atoms with Crippen molar-refractivity contribution in [3.63, 3.8) is 0 Å². The lowest BCUT2D eigenvalue weighted by Gasteiger charge is -2.34. The van der Waals surface area contributed by atoms with Gasteiger partial charge < -0.3 is 9.88 Å². The van der Waals surface area contributed by atoms with Gasteiger partial charge in [-0.15, -0.1) is 0 Å². The molecule has 1 aliphatic rings. The maximum absolute atomic E-state index is 12.3. The molecule has 1 N–H and O–H groups in total. The van der Waals surface area contributed by atoms with Gasteiger partial charge >= 0.3 is 0 Å². The zero-order chi connectivity index (χ0) is 20.1. The number of piperazine rings is 1. The van der Waals surface area contributed by atoms with E-state index >= 15 is 0 Å². The minimum Gasteiger partial charge on any atom is -0.333 e. The summed E-state index contributed by atoms with van der Waals surface area (Å²) in [6.45, 7) is 10.4. The number of rotatable bonds is 7. The van der Waals surface area contributed by atoms with E-state index in [0.29, 0.717) is 28.2 Å². The van der Waals surface area contributed by atoms with Gasteiger partial charge in [-0.05, 0) is 18.2 Å². The SMILES string of the molecule is CC(C)c1nccn1CCN1CCN(CC(=O)Nc2ccc(Cl)c(Cl)c2)CC1. The maximum atomic E-state index is 12.3. The molecule has 0 spiro atoms. The van der Waals surface area contributed by atoms with Gasteiger partial charge in [0.05, 0.1) is 16.6 Å². The number of imidazole rings is 1. The Morgan fingerprint density at radius 3 is 2.50 bits per heavy atom. The second kappa shape index (κ2) is 9.74. The van der Waals surface area contributed by atoms with Crippen molar-refractivity contribution in [3.05, 3.63) is 46.5 Å². The molecule has 28 heavy (non-hydrogen) atoms. The first kappa shape index (κ1) is 21.1. The quantitative estimate of drug-likeness (QED) is 0.739. The maximum Gasteiger partial charge on any atom is 0.238 e. The van der Waals surface area contributed by atoms with Crippen molar-refractivity contribution in [2.45, 2.75) is 26.3 Å². The Kier molecular flexibility index (Phi) is 7.35. The van der Waals surface area contributed by atoms with Crippen LogP contribution in [0.1, 0.15) is 25.6 Å². The highest BCUT2D eigenvalue weighted by Gasteiger charge is 2.19. The van der Waals surface area contributed by atoms with Gasteiger partial charge in [0.1, 0.15) is 5.82 Å². The lowest BCUT2D eigenvalue weighted by atomic mass is 10.2. The Morgan fingerprint density at radius 1 is 1.11 bits per heavy atom. The largest absolute Gasteiger partial charge is 0.333 e. The highest BCUT2D eigenvalue weighted by atomic mass is 35.5. The van der Waals surface area contributed by atoms with Gasteiger partial charge in [0.25, 0.3) is 0 Å². The number of hydrogen-bond donors (Lipinski definition) is 1. The normalized spacial score (nSPS) is 15.9. The van der Waals surface area contributed by atoms with E-state index in [0.717, 1.165) is 45.1 Å². The number of hydrogen-bond acceptors (Lipinski definition) is 4. The molecule has 0 radical (unpaired) electrons. The molecule has 1 aromatic carbocycles. The fourth-order valence-electron chi connectivity index (χ4n) is 3.41. The molecule has 0 saturated carbocycles. The smallest absolute Gasteiger partial charge is 0.238 e. The summed E-state index contributed by atoms with van der Waals surface area (Å²) in [5, 5.41) is 3.80. The van der Waals surface area contributed by atoms with Crippen molar-refractivity contribution < 1.29 is 4.79 Å².